The first-order valence-electron chi connectivity index (χ1n) is 4.41. The molecule has 0 aromatic heterocycles. The smallest absolute Gasteiger partial charge is 0.419 e. The molecule has 0 aliphatic rings. The summed E-state index contributed by atoms with van der Waals surface area (Å²) < 4.78 is 37.1. The van der Waals surface area contributed by atoms with Gasteiger partial charge in [-0.15, -0.1) is 0 Å². The zero-order valence-electron chi connectivity index (χ0n) is 8.08. The van der Waals surface area contributed by atoms with Gasteiger partial charge in [0.15, 0.2) is 0 Å². The molecule has 3 nitrogen and oxygen atoms in total. The maximum Gasteiger partial charge on any atom is 0.419 e. The highest BCUT2D eigenvalue weighted by Gasteiger charge is 2.33. The van der Waals surface area contributed by atoms with E-state index in [1.807, 2.05) is 0 Å². The Bertz CT molecular complexity index is 399. The minimum atomic E-state index is -4.64. The van der Waals surface area contributed by atoms with Crippen molar-refractivity contribution in [1.82, 2.24) is 0 Å². The van der Waals surface area contributed by atoms with E-state index in [-0.39, 0.29) is 18.4 Å². The molecular formula is C10H9F3O3. The Labute approximate surface area is 89.1 Å². The quantitative estimate of drug-likeness (QED) is 0.844. The predicted molar refractivity (Wildman–Crippen MR) is 49.1 cm³/mol. The van der Waals surface area contributed by atoms with E-state index in [0.29, 0.717) is 0 Å². The molecule has 0 unspecified atom stereocenters. The molecule has 0 heterocycles. The van der Waals surface area contributed by atoms with Crippen molar-refractivity contribution < 1.29 is 28.2 Å². The van der Waals surface area contributed by atoms with E-state index >= 15 is 0 Å². The Kier molecular flexibility index (Phi) is 3.41. The zero-order valence-corrected chi connectivity index (χ0v) is 8.08. The molecular weight excluding hydrogens is 225 g/mol. The summed E-state index contributed by atoms with van der Waals surface area (Å²) in [6, 6.07) is 2.95. The molecule has 0 atom stereocenters. The van der Waals surface area contributed by atoms with Crippen LogP contribution >= 0.6 is 0 Å². The van der Waals surface area contributed by atoms with E-state index in [0.717, 1.165) is 12.1 Å². The Morgan fingerprint density at radius 1 is 1.31 bits per heavy atom. The zero-order chi connectivity index (χ0) is 12.3. The lowest BCUT2D eigenvalue weighted by Gasteiger charge is -2.10. The van der Waals surface area contributed by atoms with Gasteiger partial charge in [0, 0.05) is 6.42 Å². The number of hydrogen-bond donors (Lipinski definition) is 2. The number of aryl methyl sites for hydroxylation is 1. The fraction of sp³-hybridized carbons (Fsp3) is 0.300. The monoisotopic (exact) mass is 234 g/mol. The average molecular weight is 234 g/mol. The first-order chi connectivity index (χ1) is 7.30. The molecule has 1 rings (SSSR count). The van der Waals surface area contributed by atoms with Crippen molar-refractivity contribution in [2.45, 2.75) is 19.0 Å². The van der Waals surface area contributed by atoms with E-state index in [1.54, 1.807) is 0 Å². The molecule has 0 aliphatic heterocycles. The highest BCUT2D eigenvalue weighted by atomic mass is 19.4. The van der Waals surface area contributed by atoms with Crippen LogP contribution in [-0.4, -0.2) is 16.2 Å². The molecule has 1 aromatic carbocycles. The highest BCUT2D eigenvalue weighted by molar-refractivity contribution is 5.67. The van der Waals surface area contributed by atoms with Crippen LogP contribution in [0.25, 0.3) is 0 Å². The number of halogens is 3. The van der Waals surface area contributed by atoms with E-state index in [9.17, 15) is 18.0 Å². The molecule has 0 spiro atoms. The molecule has 6 heteroatoms. The lowest BCUT2D eigenvalue weighted by Crippen LogP contribution is -2.06. The van der Waals surface area contributed by atoms with Crippen LogP contribution < -0.4 is 0 Å². The third-order valence-electron chi connectivity index (χ3n) is 1.99. The minimum absolute atomic E-state index is 0.00130. The van der Waals surface area contributed by atoms with Crippen LogP contribution in [0, 0.1) is 0 Å². The van der Waals surface area contributed by atoms with Crippen LogP contribution in [0.3, 0.4) is 0 Å². The molecule has 0 amide bonds. The van der Waals surface area contributed by atoms with Gasteiger partial charge in [-0.05, 0) is 24.1 Å². The molecule has 0 bridgehead atoms. The van der Waals surface area contributed by atoms with Gasteiger partial charge in [-0.3, -0.25) is 4.79 Å². The standard InChI is InChI=1S/C10H9F3O3/c11-10(12,13)7-5-6(1-3-8(7)14)2-4-9(15)16/h1,3,5,14H,2,4H2,(H,15,16). The summed E-state index contributed by atoms with van der Waals surface area (Å²) in [6.07, 6.45) is -4.88. The fourth-order valence-corrected chi connectivity index (χ4v) is 1.22. The van der Waals surface area contributed by atoms with Crippen molar-refractivity contribution in [3.05, 3.63) is 29.3 Å². The van der Waals surface area contributed by atoms with Gasteiger partial charge in [-0.2, -0.15) is 13.2 Å². The van der Waals surface area contributed by atoms with Crippen molar-refractivity contribution in [3.63, 3.8) is 0 Å². The van der Waals surface area contributed by atoms with Gasteiger partial charge in [0.05, 0.1) is 5.56 Å². The summed E-state index contributed by atoms with van der Waals surface area (Å²) in [7, 11) is 0. The number of phenols is 1. The first-order valence-corrected chi connectivity index (χ1v) is 4.41. The van der Waals surface area contributed by atoms with Crippen molar-refractivity contribution in [2.24, 2.45) is 0 Å². The number of benzene rings is 1. The van der Waals surface area contributed by atoms with Gasteiger partial charge in [-0.25, -0.2) is 0 Å². The number of carboxylic acid groups (broad SMARTS) is 1. The van der Waals surface area contributed by atoms with Crippen molar-refractivity contribution in [2.75, 3.05) is 0 Å². The Balaban J connectivity index is 2.94. The van der Waals surface area contributed by atoms with E-state index < -0.39 is 23.5 Å². The molecule has 88 valence electrons. The Morgan fingerprint density at radius 3 is 2.44 bits per heavy atom. The maximum absolute atomic E-state index is 12.4. The predicted octanol–water partition coefficient (Wildman–Crippen LogP) is 2.43. The second-order valence-electron chi connectivity index (χ2n) is 3.24. The van der Waals surface area contributed by atoms with Crippen molar-refractivity contribution in [3.8, 4) is 5.75 Å². The largest absolute Gasteiger partial charge is 0.507 e. The average Bonchev–Trinajstić information content (AvgIpc) is 2.14. The van der Waals surface area contributed by atoms with Crippen LogP contribution in [-0.2, 0) is 17.4 Å². The minimum Gasteiger partial charge on any atom is -0.507 e. The molecule has 0 fully saturated rings. The lowest BCUT2D eigenvalue weighted by atomic mass is 10.1. The Morgan fingerprint density at radius 2 is 1.94 bits per heavy atom. The molecule has 0 saturated carbocycles. The van der Waals surface area contributed by atoms with Gasteiger partial charge in [0.1, 0.15) is 5.75 Å². The number of alkyl halides is 3. The van der Waals surface area contributed by atoms with Gasteiger partial charge in [-0.1, -0.05) is 6.07 Å². The number of aliphatic carboxylic acids is 1. The van der Waals surface area contributed by atoms with E-state index in [1.165, 1.54) is 6.07 Å². The summed E-state index contributed by atoms with van der Waals surface area (Å²) in [5.74, 6) is -1.94. The molecule has 0 saturated heterocycles. The number of carbonyl (C=O) groups is 1. The number of rotatable bonds is 3. The van der Waals surface area contributed by atoms with E-state index in [4.69, 9.17) is 10.2 Å². The van der Waals surface area contributed by atoms with Crippen LogP contribution in [0.2, 0.25) is 0 Å². The van der Waals surface area contributed by atoms with E-state index in [2.05, 4.69) is 0 Å². The van der Waals surface area contributed by atoms with Crippen molar-refractivity contribution >= 4 is 5.97 Å². The number of aromatic hydroxyl groups is 1. The van der Waals surface area contributed by atoms with Gasteiger partial charge >= 0.3 is 12.1 Å². The summed E-state index contributed by atoms with van der Waals surface area (Å²) >= 11 is 0. The van der Waals surface area contributed by atoms with Crippen LogP contribution in [0.5, 0.6) is 5.75 Å². The third kappa shape index (κ3) is 3.15. The Hall–Kier alpha value is -1.72. The second-order valence-corrected chi connectivity index (χ2v) is 3.24. The first kappa shape index (κ1) is 12.4. The molecule has 2 N–H and O–H groups in total. The van der Waals surface area contributed by atoms with Crippen LogP contribution in [0.4, 0.5) is 13.2 Å². The summed E-state index contributed by atoms with van der Waals surface area (Å²) in [6.45, 7) is 0. The maximum atomic E-state index is 12.4. The summed E-state index contributed by atoms with van der Waals surface area (Å²) in [4.78, 5) is 10.2. The number of phenolic OH excluding ortho intramolecular Hbond substituents is 1. The van der Waals surface area contributed by atoms with Gasteiger partial charge < -0.3 is 10.2 Å². The topological polar surface area (TPSA) is 57.5 Å². The number of hydrogen-bond acceptors (Lipinski definition) is 2. The van der Waals surface area contributed by atoms with Crippen molar-refractivity contribution in [1.29, 1.82) is 0 Å². The normalized spacial score (nSPS) is 11.4. The van der Waals surface area contributed by atoms with Crippen LogP contribution in [0.1, 0.15) is 17.5 Å². The van der Waals surface area contributed by atoms with Crippen LogP contribution in [0.15, 0.2) is 18.2 Å². The fourth-order valence-electron chi connectivity index (χ4n) is 1.22. The third-order valence-corrected chi connectivity index (χ3v) is 1.99. The van der Waals surface area contributed by atoms with Gasteiger partial charge in [0.25, 0.3) is 0 Å². The SMILES string of the molecule is O=C(O)CCc1ccc(O)c(C(F)(F)F)c1. The molecule has 0 radical (unpaired) electrons. The van der Waals surface area contributed by atoms with Gasteiger partial charge in [0.2, 0.25) is 0 Å². The molecule has 0 aliphatic carbocycles. The lowest BCUT2D eigenvalue weighted by molar-refractivity contribution is -0.139. The molecule has 16 heavy (non-hydrogen) atoms. The highest BCUT2D eigenvalue weighted by Crippen LogP contribution is 2.36. The molecule has 1 aromatic rings. The second kappa shape index (κ2) is 4.42. The summed E-state index contributed by atoms with van der Waals surface area (Å²) in [5.41, 5.74) is -0.914. The summed E-state index contributed by atoms with van der Waals surface area (Å²) in [5, 5.41) is 17.4. The number of carboxylic acids is 1.